The average molecular weight is 548 g/mol. The van der Waals surface area contributed by atoms with Crippen molar-refractivity contribution in [1.29, 1.82) is 0 Å². The van der Waals surface area contributed by atoms with Crippen LogP contribution in [0, 0.1) is 25.2 Å². The maximum Gasteiger partial charge on any atom is 0.326 e. The number of amides is 1. The Morgan fingerprint density at radius 3 is 2.39 bits per heavy atom. The first-order chi connectivity index (χ1) is 18.1. The third-order valence-corrected chi connectivity index (χ3v) is 9.57. The van der Waals surface area contributed by atoms with E-state index in [1.807, 2.05) is 24.5 Å². The Morgan fingerprint density at radius 2 is 1.82 bits per heavy atom. The standard InChI is InChI=1S/C26H37N5O6S/c1-4-36-25(33)22(30-38(34,35)23-18(2)29-37-19(23)3)17-28-24(32)20-5-9-26(10-6-20)11-15-31(16-12-26)21-7-13-27-14-8-21/h7-8,13-14,20,22,30H,4-6,9-12,15-17H2,1-3H3,(H,28,32)/t22-/m0/s1. The number of ether oxygens (including phenoxy) is 1. The third-order valence-electron chi connectivity index (χ3n) is 7.85. The van der Waals surface area contributed by atoms with Crippen molar-refractivity contribution < 1.29 is 27.3 Å². The number of sulfonamides is 1. The van der Waals surface area contributed by atoms with Crippen molar-refractivity contribution in [2.75, 3.05) is 31.1 Å². The molecule has 3 heterocycles. The van der Waals surface area contributed by atoms with Crippen molar-refractivity contribution in [3.05, 3.63) is 36.0 Å². The van der Waals surface area contributed by atoms with Crippen molar-refractivity contribution >= 4 is 27.6 Å². The number of aryl methyl sites for hydroxylation is 2. The number of rotatable bonds is 9. The number of nitrogens with one attached hydrogen (secondary N) is 2. The van der Waals surface area contributed by atoms with Gasteiger partial charge in [0.1, 0.15) is 16.6 Å². The van der Waals surface area contributed by atoms with Gasteiger partial charge in [-0.25, -0.2) is 8.42 Å². The topological polar surface area (TPSA) is 144 Å². The fraction of sp³-hybridized carbons (Fsp3) is 0.615. The number of piperidine rings is 1. The van der Waals surface area contributed by atoms with E-state index in [4.69, 9.17) is 9.26 Å². The monoisotopic (exact) mass is 547 g/mol. The van der Waals surface area contributed by atoms with E-state index in [1.165, 1.54) is 19.5 Å². The van der Waals surface area contributed by atoms with E-state index in [2.05, 4.69) is 25.1 Å². The Labute approximate surface area is 223 Å². The molecular weight excluding hydrogens is 510 g/mol. The molecule has 1 aliphatic heterocycles. The Kier molecular flexibility index (Phi) is 8.71. The van der Waals surface area contributed by atoms with Gasteiger partial charge in [0.25, 0.3) is 0 Å². The number of carbonyl (C=O) groups is 2. The van der Waals surface area contributed by atoms with E-state index < -0.39 is 22.0 Å². The van der Waals surface area contributed by atoms with E-state index in [9.17, 15) is 18.0 Å². The summed E-state index contributed by atoms with van der Waals surface area (Å²) >= 11 is 0. The van der Waals surface area contributed by atoms with Gasteiger partial charge in [-0.1, -0.05) is 5.16 Å². The zero-order valence-corrected chi connectivity index (χ0v) is 23.1. The number of nitrogens with zero attached hydrogens (tertiary/aromatic N) is 3. The summed E-state index contributed by atoms with van der Waals surface area (Å²) in [7, 11) is -4.12. The predicted octanol–water partition coefficient (Wildman–Crippen LogP) is 2.49. The van der Waals surface area contributed by atoms with Gasteiger partial charge in [-0.05, 0) is 76.8 Å². The van der Waals surface area contributed by atoms with Crippen LogP contribution in [0.3, 0.4) is 0 Å². The van der Waals surface area contributed by atoms with Crippen molar-refractivity contribution in [2.45, 2.75) is 70.2 Å². The number of aromatic nitrogens is 2. The molecule has 0 bridgehead atoms. The predicted molar refractivity (Wildman–Crippen MR) is 140 cm³/mol. The first-order valence-corrected chi connectivity index (χ1v) is 14.7. The van der Waals surface area contributed by atoms with Gasteiger partial charge >= 0.3 is 5.97 Å². The fourth-order valence-corrected chi connectivity index (χ4v) is 7.17. The van der Waals surface area contributed by atoms with Crippen LogP contribution in [0.1, 0.15) is 56.9 Å². The molecule has 2 fully saturated rings. The van der Waals surface area contributed by atoms with Crippen molar-refractivity contribution in [1.82, 2.24) is 20.2 Å². The number of esters is 1. The van der Waals surface area contributed by atoms with E-state index in [-0.39, 0.29) is 46.7 Å². The average Bonchev–Trinajstić information content (AvgIpc) is 3.26. The summed E-state index contributed by atoms with van der Waals surface area (Å²) in [5, 5.41) is 6.47. The van der Waals surface area contributed by atoms with E-state index >= 15 is 0 Å². The first kappa shape index (κ1) is 28.0. The normalized spacial score (nSPS) is 18.8. The number of pyridine rings is 1. The molecule has 2 aliphatic rings. The number of hydrogen-bond donors (Lipinski definition) is 2. The van der Waals surface area contributed by atoms with Crippen LogP contribution in [-0.2, 0) is 24.3 Å². The van der Waals surface area contributed by atoms with Crippen molar-refractivity contribution in [2.24, 2.45) is 11.3 Å². The molecule has 0 radical (unpaired) electrons. The van der Waals surface area contributed by atoms with Crippen LogP contribution in [0.15, 0.2) is 33.9 Å². The maximum atomic E-state index is 13.0. The first-order valence-electron chi connectivity index (χ1n) is 13.2. The second-order valence-electron chi connectivity index (χ2n) is 10.3. The molecule has 4 rings (SSSR count). The minimum atomic E-state index is -4.12. The third kappa shape index (κ3) is 6.35. The molecule has 38 heavy (non-hydrogen) atoms. The molecule has 2 aromatic heterocycles. The second-order valence-corrected chi connectivity index (χ2v) is 11.9. The van der Waals surface area contributed by atoms with E-state index in [0.717, 1.165) is 51.6 Å². The molecule has 11 nitrogen and oxygen atoms in total. The van der Waals surface area contributed by atoms with Crippen molar-refractivity contribution in [3.8, 4) is 0 Å². The summed E-state index contributed by atoms with van der Waals surface area (Å²) in [5.41, 5.74) is 1.64. The van der Waals surface area contributed by atoms with Gasteiger partial charge in [-0.15, -0.1) is 0 Å². The molecule has 1 amide bonds. The van der Waals surface area contributed by atoms with Crippen LogP contribution >= 0.6 is 0 Å². The summed E-state index contributed by atoms with van der Waals surface area (Å²) in [5.74, 6) is -0.975. The van der Waals surface area contributed by atoms with E-state index in [1.54, 1.807) is 6.92 Å². The highest BCUT2D eigenvalue weighted by Crippen LogP contribution is 2.46. The zero-order chi connectivity index (χ0) is 27.3. The summed E-state index contributed by atoms with van der Waals surface area (Å²) in [6, 6.07) is 2.80. The molecule has 1 aliphatic carbocycles. The molecule has 0 unspecified atom stereocenters. The minimum Gasteiger partial charge on any atom is -0.465 e. The smallest absolute Gasteiger partial charge is 0.326 e. The van der Waals surface area contributed by atoms with Gasteiger partial charge < -0.3 is 19.5 Å². The summed E-state index contributed by atoms with van der Waals surface area (Å²) in [4.78, 5) is 31.9. The van der Waals surface area contributed by atoms with Gasteiger partial charge in [-0.2, -0.15) is 4.72 Å². The van der Waals surface area contributed by atoms with Gasteiger partial charge in [0.15, 0.2) is 5.76 Å². The van der Waals surface area contributed by atoms with Crippen LogP contribution in [0.4, 0.5) is 5.69 Å². The lowest BCUT2D eigenvalue weighted by atomic mass is 9.65. The summed E-state index contributed by atoms with van der Waals surface area (Å²) in [6.45, 7) is 6.48. The second kappa shape index (κ2) is 11.8. The number of hydrogen-bond acceptors (Lipinski definition) is 9. The van der Waals surface area contributed by atoms with Gasteiger partial charge in [0, 0.05) is 43.6 Å². The Balaban J connectivity index is 1.31. The SMILES string of the molecule is CCOC(=O)[C@H](CNC(=O)C1CCC2(CC1)CCN(c1ccncc1)CC2)NS(=O)(=O)c1c(C)noc1C. The lowest BCUT2D eigenvalue weighted by molar-refractivity contribution is -0.145. The molecule has 12 heteroatoms. The Morgan fingerprint density at radius 1 is 1.16 bits per heavy atom. The van der Waals surface area contributed by atoms with Crippen LogP contribution in [-0.4, -0.2) is 62.7 Å². The van der Waals surface area contributed by atoms with Crippen molar-refractivity contribution in [3.63, 3.8) is 0 Å². The Hall–Kier alpha value is -2.99. The Bertz CT molecular complexity index is 1190. The molecule has 1 atom stereocenters. The lowest BCUT2D eigenvalue weighted by Gasteiger charge is -2.46. The maximum absolute atomic E-state index is 13.0. The van der Waals surface area contributed by atoms with Crippen LogP contribution < -0.4 is 14.9 Å². The highest BCUT2D eigenvalue weighted by Gasteiger charge is 2.40. The highest BCUT2D eigenvalue weighted by atomic mass is 32.2. The minimum absolute atomic E-state index is 0.0830. The summed E-state index contributed by atoms with van der Waals surface area (Å²) < 4.78 is 38.3. The largest absolute Gasteiger partial charge is 0.465 e. The fourth-order valence-electron chi connectivity index (χ4n) is 5.65. The highest BCUT2D eigenvalue weighted by molar-refractivity contribution is 7.89. The van der Waals surface area contributed by atoms with Gasteiger partial charge in [0.05, 0.1) is 6.61 Å². The molecule has 208 valence electrons. The molecule has 2 aromatic rings. The van der Waals surface area contributed by atoms with Crippen LogP contribution in [0.2, 0.25) is 0 Å². The molecule has 2 N–H and O–H groups in total. The van der Waals surface area contributed by atoms with Gasteiger partial charge in [0.2, 0.25) is 15.9 Å². The van der Waals surface area contributed by atoms with Crippen LogP contribution in [0.5, 0.6) is 0 Å². The zero-order valence-electron chi connectivity index (χ0n) is 22.2. The molecule has 1 saturated heterocycles. The molecule has 1 spiro atoms. The molecule has 1 saturated carbocycles. The number of anilines is 1. The quantitative estimate of drug-likeness (QED) is 0.453. The van der Waals surface area contributed by atoms with Crippen LogP contribution in [0.25, 0.3) is 0 Å². The number of carbonyl (C=O) groups excluding carboxylic acids is 2. The lowest BCUT2D eigenvalue weighted by Crippen LogP contribution is -2.50. The molecular formula is C26H37N5O6S. The van der Waals surface area contributed by atoms with Gasteiger partial charge in [-0.3, -0.25) is 14.6 Å². The van der Waals surface area contributed by atoms with E-state index in [0.29, 0.717) is 0 Å². The summed E-state index contributed by atoms with van der Waals surface area (Å²) in [6.07, 6.45) is 9.34. The molecule has 0 aromatic carbocycles.